The summed E-state index contributed by atoms with van der Waals surface area (Å²) in [7, 11) is 0. The van der Waals surface area contributed by atoms with Crippen molar-refractivity contribution in [3.8, 4) is 0 Å². The number of nitrogens with one attached hydrogen (secondary N) is 1. The van der Waals surface area contributed by atoms with E-state index in [1.807, 2.05) is 20.8 Å². The van der Waals surface area contributed by atoms with Crippen LogP contribution >= 0.6 is 0 Å². The van der Waals surface area contributed by atoms with Crippen molar-refractivity contribution < 1.29 is 13.2 Å². The number of rotatable bonds is 7. The summed E-state index contributed by atoms with van der Waals surface area (Å²) in [5.41, 5.74) is 0. The summed E-state index contributed by atoms with van der Waals surface area (Å²) in [5, 5.41) is 3.24. The fourth-order valence-electron chi connectivity index (χ4n) is 1.71. The van der Waals surface area contributed by atoms with Crippen molar-refractivity contribution >= 4 is 0 Å². The van der Waals surface area contributed by atoms with Gasteiger partial charge in [-0.2, -0.15) is 13.2 Å². The zero-order valence-electron chi connectivity index (χ0n) is 11.4. The number of likely N-dealkylation sites (N-methyl/N-ethyl adjacent to an activating group) is 1. The fourth-order valence-corrected chi connectivity index (χ4v) is 1.71. The summed E-state index contributed by atoms with van der Waals surface area (Å²) in [4.78, 5) is 1.48. The van der Waals surface area contributed by atoms with Crippen LogP contribution in [-0.4, -0.2) is 42.8 Å². The molecule has 17 heavy (non-hydrogen) atoms. The first-order chi connectivity index (χ1) is 7.67. The monoisotopic (exact) mass is 254 g/mol. The van der Waals surface area contributed by atoms with Crippen LogP contribution in [0.4, 0.5) is 13.2 Å². The highest BCUT2D eigenvalue weighted by Crippen LogP contribution is 2.19. The van der Waals surface area contributed by atoms with E-state index in [0.29, 0.717) is 12.5 Å². The van der Waals surface area contributed by atoms with Crippen LogP contribution in [0, 0.1) is 5.92 Å². The third-order valence-corrected chi connectivity index (χ3v) is 2.81. The lowest BCUT2D eigenvalue weighted by Gasteiger charge is -2.33. The first-order valence-corrected chi connectivity index (χ1v) is 6.21. The van der Waals surface area contributed by atoms with Crippen molar-refractivity contribution in [3.05, 3.63) is 0 Å². The van der Waals surface area contributed by atoms with Gasteiger partial charge in [0.15, 0.2) is 0 Å². The molecule has 1 unspecified atom stereocenters. The fraction of sp³-hybridized carbons (Fsp3) is 1.00. The molecule has 0 bridgehead atoms. The molecular weight excluding hydrogens is 229 g/mol. The van der Waals surface area contributed by atoms with Crippen LogP contribution in [0.3, 0.4) is 0 Å². The van der Waals surface area contributed by atoms with E-state index in [4.69, 9.17) is 0 Å². The van der Waals surface area contributed by atoms with Crippen LogP contribution in [0.1, 0.15) is 34.6 Å². The first kappa shape index (κ1) is 16.7. The molecule has 0 aliphatic carbocycles. The summed E-state index contributed by atoms with van der Waals surface area (Å²) < 4.78 is 37.3. The third-order valence-electron chi connectivity index (χ3n) is 2.81. The molecule has 104 valence electrons. The van der Waals surface area contributed by atoms with Crippen molar-refractivity contribution in [2.75, 3.05) is 19.6 Å². The second kappa shape index (κ2) is 7.21. The highest BCUT2D eigenvalue weighted by Gasteiger charge is 2.32. The molecule has 0 radical (unpaired) electrons. The molecule has 0 aliphatic heterocycles. The summed E-state index contributed by atoms with van der Waals surface area (Å²) in [5.74, 6) is 0.324. The maximum absolute atomic E-state index is 12.4. The van der Waals surface area contributed by atoms with Crippen LogP contribution in [0.2, 0.25) is 0 Å². The molecule has 0 rings (SSSR count). The third kappa shape index (κ3) is 7.60. The largest absolute Gasteiger partial charge is 0.401 e. The molecule has 0 heterocycles. The lowest BCUT2D eigenvalue weighted by Crippen LogP contribution is -2.49. The average molecular weight is 254 g/mol. The molecule has 0 aliphatic rings. The first-order valence-electron chi connectivity index (χ1n) is 6.21. The van der Waals surface area contributed by atoms with Crippen molar-refractivity contribution in [1.29, 1.82) is 0 Å². The summed E-state index contributed by atoms with van der Waals surface area (Å²) in [6, 6.07) is 0.00119. The van der Waals surface area contributed by atoms with E-state index < -0.39 is 12.7 Å². The smallest absolute Gasteiger partial charge is 0.313 e. The number of nitrogens with zero attached hydrogens (tertiary/aromatic N) is 1. The molecule has 0 fully saturated rings. The van der Waals surface area contributed by atoms with Gasteiger partial charge in [0.25, 0.3) is 0 Å². The van der Waals surface area contributed by atoms with Crippen molar-refractivity contribution in [1.82, 2.24) is 10.2 Å². The topological polar surface area (TPSA) is 15.3 Å². The Bertz CT molecular complexity index is 202. The zero-order valence-corrected chi connectivity index (χ0v) is 11.4. The van der Waals surface area contributed by atoms with E-state index >= 15 is 0 Å². The molecule has 0 spiro atoms. The molecule has 0 saturated heterocycles. The molecular formula is C12H25F3N2. The standard InChI is InChI=1S/C12H25F3N2/c1-6-16-11(9(2)3)7-17(10(4)5)8-12(13,14)15/h9-11,16H,6-8H2,1-5H3. The maximum Gasteiger partial charge on any atom is 0.401 e. The second-order valence-electron chi connectivity index (χ2n) is 5.05. The van der Waals surface area contributed by atoms with Crippen LogP contribution in [0.25, 0.3) is 0 Å². The van der Waals surface area contributed by atoms with Gasteiger partial charge in [0, 0.05) is 18.6 Å². The molecule has 0 amide bonds. The Morgan fingerprint density at radius 1 is 1.12 bits per heavy atom. The number of hydrogen-bond acceptors (Lipinski definition) is 2. The Kier molecular flexibility index (Phi) is 7.09. The molecule has 1 atom stereocenters. The lowest BCUT2D eigenvalue weighted by atomic mass is 10.0. The minimum absolute atomic E-state index is 0.100. The maximum atomic E-state index is 12.4. The Balaban J connectivity index is 4.50. The zero-order chi connectivity index (χ0) is 13.6. The summed E-state index contributed by atoms with van der Waals surface area (Å²) in [6.07, 6.45) is -4.13. The van der Waals surface area contributed by atoms with Gasteiger partial charge in [-0.25, -0.2) is 0 Å². The predicted octanol–water partition coefficient (Wildman–Crippen LogP) is 2.89. The van der Waals surface area contributed by atoms with E-state index in [2.05, 4.69) is 5.32 Å². The highest BCUT2D eigenvalue weighted by atomic mass is 19.4. The van der Waals surface area contributed by atoms with Crippen molar-refractivity contribution in [2.45, 2.75) is 52.9 Å². The van der Waals surface area contributed by atoms with E-state index in [9.17, 15) is 13.2 Å². The van der Waals surface area contributed by atoms with Crippen molar-refractivity contribution in [3.63, 3.8) is 0 Å². The molecule has 1 N–H and O–H groups in total. The predicted molar refractivity (Wildman–Crippen MR) is 65.1 cm³/mol. The Morgan fingerprint density at radius 2 is 1.65 bits per heavy atom. The van der Waals surface area contributed by atoms with Gasteiger partial charge in [-0.15, -0.1) is 0 Å². The molecule has 2 nitrogen and oxygen atoms in total. The Morgan fingerprint density at radius 3 is 1.94 bits per heavy atom. The minimum Gasteiger partial charge on any atom is -0.313 e. The van der Waals surface area contributed by atoms with E-state index in [-0.39, 0.29) is 12.1 Å². The normalized spacial score (nSPS) is 15.0. The second-order valence-corrected chi connectivity index (χ2v) is 5.05. The van der Waals surface area contributed by atoms with E-state index in [0.717, 1.165) is 6.54 Å². The SMILES string of the molecule is CCNC(CN(CC(F)(F)F)C(C)C)C(C)C. The van der Waals surface area contributed by atoms with Gasteiger partial charge >= 0.3 is 6.18 Å². The lowest BCUT2D eigenvalue weighted by molar-refractivity contribution is -0.150. The van der Waals surface area contributed by atoms with Crippen LogP contribution < -0.4 is 5.32 Å². The van der Waals surface area contributed by atoms with Crippen LogP contribution in [-0.2, 0) is 0 Å². The van der Waals surface area contributed by atoms with Gasteiger partial charge in [-0.1, -0.05) is 20.8 Å². The van der Waals surface area contributed by atoms with Crippen LogP contribution in [0.15, 0.2) is 0 Å². The van der Waals surface area contributed by atoms with E-state index in [1.165, 1.54) is 4.90 Å². The summed E-state index contributed by atoms with van der Waals surface area (Å²) >= 11 is 0. The molecule has 0 aromatic carbocycles. The minimum atomic E-state index is -4.13. The van der Waals surface area contributed by atoms with Gasteiger partial charge in [0.05, 0.1) is 6.54 Å². The quantitative estimate of drug-likeness (QED) is 0.751. The van der Waals surface area contributed by atoms with Gasteiger partial charge in [0.2, 0.25) is 0 Å². The molecule has 0 aromatic rings. The van der Waals surface area contributed by atoms with E-state index in [1.54, 1.807) is 13.8 Å². The molecule has 0 saturated carbocycles. The van der Waals surface area contributed by atoms with Crippen LogP contribution in [0.5, 0.6) is 0 Å². The average Bonchev–Trinajstić information content (AvgIpc) is 2.13. The van der Waals surface area contributed by atoms with Crippen molar-refractivity contribution in [2.24, 2.45) is 5.92 Å². The number of alkyl halides is 3. The molecule has 5 heteroatoms. The van der Waals surface area contributed by atoms with Gasteiger partial charge in [0.1, 0.15) is 0 Å². The highest BCUT2D eigenvalue weighted by molar-refractivity contribution is 4.78. The molecule has 0 aromatic heterocycles. The van der Waals surface area contributed by atoms with Gasteiger partial charge in [-0.3, -0.25) is 4.90 Å². The number of hydrogen-bond donors (Lipinski definition) is 1. The van der Waals surface area contributed by atoms with Gasteiger partial charge in [-0.05, 0) is 26.3 Å². The Labute approximate surface area is 103 Å². The summed E-state index contributed by atoms with van der Waals surface area (Å²) in [6.45, 7) is 10.0. The van der Waals surface area contributed by atoms with Gasteiger partial charge < -0.3 is 5.32 Å². The Hall–Kier alpha value is -0.290. The number of halogens is 3.